The standard InChI is InChI=1S/C29H36N4O5/c30-23(18-21-11-5-2-6-12-21)28(37)33-16-8-14-25(33)29(38)32-15-7-13-24(32)27(36)31-22(19-26(34)35)17-20-9-3-1-4-10-20/h1-6,9-12,22-25H,7-8,13-19,30H2,(H,31,36)(H,34,35)/t22-,23-,24-,25-/m1/s1. The maximum Gasteiger partial charge on any atom is 0.305 e. The number of nitrogens with one attached hydrogen (secondary N) is 1. The van der Waals surface area contributed by atoms with E-state index in [4.69, 9.17) is 5.73 Å². The van der Waals surface area contributed by atoms with Crippen molar-refractivity contribution < 1.29 is 24.3 Å². The molecule has 202 valence electrons. The Kier molecular flexibility index (Phi) is 9.12. The van der Waals surface area contributed by atoms with Crippen LogP contribution in [0.15, 0.2) is 60.7 Å². The molecule has 0 spiro atoms. The van der Waals surface area contributed by atoms with Gasteiger partial charge in [-0.2, -0.15) is 0 Å². The van der Waals surface area contributed by atoms with E-state index in [1.165, 1.54) is 0 Å². The zero-order chi connectivity index (χ0) is 27.1. The second-order valence-corrected chi connectivity index (χ2v) is 10.2. The summed E-state index contributed by atoms with van der Waals surface area (Å²) in [6.07, 6.45) is 2.94. The van der Waals surface area contributed by atoms with Crippen LogP contribution in [0.4, 0.5) is 0 Å². The third-order valence-corrected chi connectivity index (χ3v) is 7.37. The van der Waals surface area contributed by atoms with Crippen molar-refractivity contribution in [1.29, 1.82) is 0 Å². The molecule has 3 amide bonds. The van der Waals surface area contributed by atoms with Crippen LogP contribution in [-0.4, -0.2) is 75.9 Å². The number of carbonyl (C=O) groups excluding carboxylic acids is 3. The van der Waals surface area contributed by atoms with Crippen molar-refractivity contribution in [1.82, 2.24) is 15.1 Å². The number of nitrogens with zero attached hydrogens (tertiary/aromatic N) is 2. The summed E-state index contributed by atoms with van der Waals surface area (Å²) < 4.78 is 0. The zero-order valence-corrected chi connectivity index (χ0v) is 21.5. The third-order valence-electron chi connectivity index (χ3n) is 7.37. The summed E-state index contributed by atoms with van der Waals surface area (Å²) in [7, 11) is 0. The number of benzene rings is 2. The number of rotatable bonds is 10. The second-order valence-electron chi connectivity index (χ2n) is 10.2. The molecular weight excluding hydrogens is 484 g/mol. The van der Waals surface area contributed by atoms with E-state index in [-0.39, 0.29) is 24.1 Å². The third kappa shape index (κ3) is 6.77. The van der Waals surface area contributed by atoms with Crippen LogP contribution in [0.5, 0.6) is 0 Å². The molecule has 4 atom stereocenters. The van der Waals surface area contributed by atoms with Crippen LogP contribution in [-0.2, 0) is 32.0 Å². The molecule has 4 rings (SSSR count). The number of carboxylic acids is 1. The van der Waals surface area contributed by atoms with E-state index in [9.17, 15) is 24.3 Å². The first-order valence-corrected chi connectivity index (χ1v) is 13.3. The maximum atomic E-state index is 13.6. The minimum Gasteiger partial charge on any atom is -0.481 e. The predicted molar refractivity (Wildman–Crippen MR) is 142 cm³/mol. The molecule has 0 saturated carbocycles. The highest BCUT2D eigenvalue weighted by atomic mass is 16.4. The SMILES string of the molecule is N[C@H](Cc1ccccc1)C(=O)N1CCC[C@@H]1C(=O)N1CCC[C@@H]1C(=O)N[C@@H](CC(=O)O)Cc1ccccc1. The molecule has 0 aromatic heterocycles. The monoisotopic (exact) mass is 520 g/mol. The van der Waals surface area contributed by atoms with Gasteiger partial charge in [0.1, 0.15) is 12.1 Å². The Morgan fingerprint density at radius 3 is 2.00 bits per heavy atom. The van der Waals surface area contributed by atoms with Crippen molar-refractivity contribution in [3.05, 3.63) is 71.8 Å². The van der Waals surface area contributed by atoms with Gasteiger partial charge in [0.15, 0.2) is 0 Å². The molecule has 2 fully saturated rings. The Morgan fingerprint density at radius 1 is 0.842 bits per heavy atom. The highest BCUT2D eigenvalue weighted by molar-refractivity contribution is 5.94. The lowest BCUT2D eigenvalue weighted by atomic mass is 10.0. The van der Waals surface area contributed by atoms with Crippen LogP contribution >= 0.6 is 0 Å². The first kappa shape index (κ1) is 27.3. The molecule has 2 aromatic rings. The topological polar surface area (TPSA) is 133 Å². The van der Waals surface area contributed by atoms with Crippen molar-refractivity contribution in [3.63, 3.8) is 0 Å². The molecule has 2 aliphatic rings. The minimum atomic E-state index is -1.00. The van der Waals surface area contributed by atoms with Crippen LogP contribution in [0.25, 0.3) is 0 Å². The van der Waals surface area contributed by atoms with E-state index >= 15 is 0 Å². The fraction of sp³-hybridized carbons (Fsp3) is 0.448. The summed E-state index contributed by atoms with van der Waals surface area (Å²) in [6, 6.07) is 16.2. The lowest BCUT2D eigenvalue weighted by Gasteiger charge is -2.32. The molecule has 0 bridgehead atoms. The van der Waals surface area contributed by atoms with Gasteiger partial charge in [0.2, 0.25) is 17.7 Å². The Balaban J connectivity index is 1.41. The van der Waals surface area contributed by atoms with E-state index in [2.05, 4.69) is 5.32 Å². The smallest absolute Gasteiger partial charge is 0.305 e. The van der Waals surface area contributed by atoms with E-state index in [1.54, 1.807) is 9.80 Å². The fourth-order valence-electron chi connectivity index (χ4n) is 5.53. The Hall–Kier alpha value is -3.72. The molecule has 4 N–H and O–H groups in total. The van der Waals surface area contributed by atoms with Gasteiger partial charge in [-0.3, -0.25) is 19.2 Å². The molecule has 2 heterocycles. The van der Waals surface area contributed by atoms with E-state index in [0.29, 0.717) is 51.6 Å². The molecule has 2 saturated heterocycles. The summed E-state index contributed by atoms with van der Waals surface area (Å²) in [6.45, 7) is 0.883. The van der Waals surface area contributed by atoms with Gasteiger partial charge in [-0.05, 0) is 49.7 Å². The molecule has 0 radical (unpaired) electrons. The average molecular weight is 521 g/mol. The van der Waals surface area contributed by atoms with Crippen LogP contribution < -0.4 is 11.1 Å². The number of hydrogen-bond donors (Lipinski definition) is 3. The lowest BCUT2D eigenvalue weighted by Crippen LogP contribution is -2.56. The molecular formula is C29H36N4O5. The van der Waals surface area contributed by atoms with Crippen molar-refractivity contribution in [3.8, 4) is 0 Å². The number of carbonyl (C=O) groups is 4. The van der Waals surface area contributed by atoms with Gasteiger partial charge in [0, 0.05) is 19.1 Å². The van der Waals surface area contributed by atoms with Gasteiger partial charge in [-0.1, -0.05) is 60.7 Å². The summed E-state index contributed by atoms with van der Waals surface area (Å²) in [5.41, 5.74) is 8.13. The van der Waals surface area contributed by atoms with Crippen molar-refractivity contribution in [2.75, 3.05) is 13.1 Å². The molecule has 2 aromatic carbocycles. The fourth-order valence-corrected chi connectivity index (χ4v) is 5.53. The van der Waals surface area contributed by atoms with Gasteiger partial charge in [0.05, 0.1) is 12.5 Å². The van der Waals surface area contributed by atoms with Crippen molar-refractivity contribution in [2.45, 2.75) is 69.1 Å². The number of nitrogens with two attached hydrogens (primary N) is 1. The number of likely N-dealkylation sites (tertiary alicyclic amines) is 2. The van der Waals surface area contributed by atoms with Crippen molar-refractivity contribution >= 4 is 23.7 Å². The number of carboxylic acid groups (broad SMARTS) is 1. The molecule has 2 aliphatic heterocycles. The summed E-state index contributed by atoms with van der Waals surface area (Å²) in [4.78, 5) is 54.7. The molecule has 0 unspecified atom stereocenters. The molecule has 9 heteroatoms. The lowest BCUT2D eigenvalue weighted by molar-refractivity contribution is -0.147. The number of aliphatic carboxylic acids is 1. The highest BCUT2D eigenvalue weighted by Crippen LogP contribution is 2.26. The van der Waals surface area contributed by atoms with E-state index in [1.807, 2.05) is 60.7 Å². The summed E-state index contributed by atoms with van der Waals surface area (Å²) in [5.74, 6) is -1.85. The number of hydrogen-bond acceptors (Lipinski definition) is 5. The molecule has 9 nitrogen and oxygen atoms in total. The first-order valence-electron chi connectivity index (χ1n) is 13.3. The van der Waals surface area contributed by atoms with Gasteiger partial charge in [0.25, 0.3) is 0 Å². The first-order chi connectivity index (χ1) is 18.3. The van der Waals surface area contributed by atoms with Gasteiger partial charge < -0.3 is 26.0 Å². The predicted octanol–water partition coefficient (Wildman–Crippen LogP) is 1.74. The van der Waals surface area contributed by atoms with Crippen LogP contribution in [0.2, 0.25) is 0 Å². The van der Waals surface area contributed by atoms with Crippen LogP contribution in [0, 0.1) is 0 Å². The number of amides is 3. The van der Waals surface area contributed by atoms with Crippen LogP contribution in [0.3, 0.4) is 0 Å². The average Bonchev–Trinajstić information content (AvgIpc) is 3.59. The largest absolute Gasteiger partial charge is 0.481 e. The Morgan fingerprint density at radius 2 is 1.39 bits per heavy atom. The molecule has 38 heavy (non-hydrogen) atoms. The Labute approximate surface area is 223 Å². The highest BCUT2D eigenvalue weighted by Gasteiger charge is 2.43. The summed E-state index contributed by atoms with van der Waals surface area (Å²) in [5, 5.41) is 12.3. The molecule has 0 aliphatic carbocycles. The Bertz CT molecular complexity index is 1130. The van der Waals surface area contributed by atoms with Crippen LogP contribution in [0.1, 0.15) is 43.2 Å². The van der Waals surface area contributed by atoms with Gasteiger partial charge in [-0.25, -0.2) is 0 Å². The second kappa shape index (κ2) is 12.7. The van der Waals surface area contributed by atoms with Crippen molar-refractivity contribution in [2.24, 2.45) is 5.73 Å². The quantitative estimate of drug-likeness (QED) is 0.437. The van der Waals surface area contributed by atoms with Gasteiger partial charge in [-0.15, -0.1) is 0 Å². The van der Waals surface area contributed by atoms with E-state index < -0.39 is 30.1 Å². The normalized spacial score (nSPS) is 20.7. The zero-order valence-electron chi connectivity index (χ0n) is 21.5. The van der Waals surface area contributed by atoms with E-state index in [0.717, 1.165) is 11.1 Å². The summed E-state index contributed by atoms with van der Waals surface area (Å²) >= 11 is 0. The minimum absolute atomic E-state index is 0.217. The van der Waals surface area contributed by atoms with Gasteiger partial charge >= 0.3 is 5.97 Å². The maximum absolute atomic E-state index is 13.6.